The Hall–Kier alpha value is -7.09. The van der Waals surface area contributed by atoms with Crippen molar-refractivity contribution in [2.75, 3.05) is 77.8 Å². The summed E-state index contributed by atoms with van der Waals surface area (Å²) in [6, 6.07) is 34.0. The van der Waals surface area contributed by atoms with E-state index in [0.717, 1.165) is 91.6 Å². The zero-order valence-electron chi connectivity index (χ0n) is 54.4. The average Bonchev–Trinajstić information content (AvgIpc) is 1.57. The maximum atomic E-state index is 13.6. The standard InChI is InChI=1S/C27H29ClFN5O3.C21H21ClFN3O.C12H17FN2.C9H6ClNO2.BH2.U/c1-17-14-31(15-18-4-6-19(29)7-5-18)10-11-33(17)26(36)21-12-20-22(16-34(30)24(20)13-23(21)28)25(35)27(37)32-8-2-3-9-32;1-14-12-25(13-15-2-4-17(23)5-3-15)8-9-26(14)21(27)18-10-16-6-7-24-20(16)11-19(18)22;1-10-8-15(7-6-14-10)9-11-2-4-12(13)5-3-11;10-7-4-8-5(1-2-11-8)3-6(7)9(12)13;;/h4-7,12-13,16-17H,2-3,8-11,14-15,30H2,1H3;2-7,10-11,14,24H,8-9,12-13H2,1H3;2-5,10,14H,6-9H2,1H3;1-4,11H,(H,12,13);1H2;/t17-;14-;10-;;;/m111.../s1/i;;;;1T2;. The Labute approximate surface area is 587 Å². The minimum Gasteiger partial charge on any atom is -0.478 e. The molecule has 4 aliphatic heterocycles. The van der Waals surface area contributed by atoms with Gasteiger partial charge in [0.05, 0.1) is 51.2 Å². The van der Waals surface area contributed by atoms with Crippen molar-refractivity contribution in [1.29, 1.82) is 2.67 Å². The van der Waals surface area contributed by atoms with E-state index in [1.807, 2.05) is 54.4 Å². The van der Waals surface area contributed by atoms with Gasteiger partial charge in [-0.1, -0.05) is 71.2 Å². The van der Waals surface area contributed by atoms with Crippen molar-refractivity contribution in [2.45, 2.75) is 71.4 Å². The SMILES string of the molecule is C[C@@H]1CN(Cc2ccc(F)cc2)CCN1.C[C@@H]1CN(Cc2ccc(F)cc2)CCN1C(=O)c1cc2c(C(=O)C(=O)N3CCCC3)cn(N)c2cc1Cl.C[C@@H]1CN(Cc2ccc(F)cc2)CCN1C(=O)c1cc2cc[nH]c2cc1Cl.O=C(O)c1cc2cc[nH]c2cc1Cl.[3H][B][3H].[U]. The van der Waals surface area contributed by atoms with E-state index in [2.05, 4.69) is 43.8 Å². The van der Waals surface area contributed by atoms with Crippen LogP contribution in [0.15, 0.2) is 140 Å². The van der Waals surface area contributed by atoms with Gasteiger partial charge in [0, 0.05) is 187 Å². The number of nitrogens with two attached hydrogens (primary N) is 1. The number of nitrogens with one attached hydrogen (secondary N) is 3. The molecule has 491 valence electrons. The maximum Gasteiger partial charge on any atom is 0.337 e. The fourth-order valence-corrected chi connectivity index (χ4v) is 13.0. The number of Topliss-reactive ketones (excluding diaryl/α,β-unsaturated/α-hetero) is 1. The summed E-state index contributed by atoms with van der Waals surface area (Å²) >= 11 is 18.6. The van der Waals surface area contributed by atoms with Crippen LogP contribution in [0.25, 0.3) is 32.7 Å². The van der Waals surface area contributed by atoms with Gasteiger partial charge in [0.25, 0.3) is 23.5 Å². The summed E-state index contributed by atoms with van der Waals surface area (Å²) in [6.07, 6.45) is 6.75. The molecule has 6 N–H and O–H groups in total. The molecular weight excluding hydrogens is 1490 g/mol. The number of carboxylic acids is 1. The summed E-state index contributed by atoms with van der Waals surface area (Å²) in [6.45, 7) is 16.8. The molecule has 7 heterocycles. The largest absolute Gasteiger partial charge is 0.478 e. The smallest absolute Gasteiger partial charge is 0.337 e. The van der Waals surface area contributed by atoms with Gasteiger partial charge in [0.1, 0.15) is 17.5 Å². The van der Waals surface area contributed by atoms with Gasteiger partial charge < -0.3 is 40.9 Å². The van der Waals surface area contributed by atoms with Crippen molar-refractivity contribution < 1.29 is 73.4 Å². The van der Waals surface area contributed by atoms with Gasteiger partial charge >= 0.3 is 5.97 Å². The minimum atomic E-state index is -1.01. The molecule has 1 radical (unpaired) electrons. The van der Waals surface area contributed by atoms with Crippen molar-refractivity contribution in [3.05, 3.63) is 211 Å². The van der Waals surface area contributed by atoms with Crippen LogP contribution in [0.4, 0.5) is 13.2 Å². The first kappa shape index (κ1) is 69.7. The Balaban J connectivity index is 0.000000174. The second-order valence-electron chi connectivity index (χ2n) is 23.9. The Bertz CT molecular complexity index is 4150. The number of benzene rings is 6. The third kappa shape index (κ3) is 18.1. The Morgan fingerprint density at radius 2 is 1.00 bits per heavy atom. The number of aromatic carboxylic acids is 1. The van der Waals surface area contributed by atoms with E-state index < -0.39 is 17.7 Å². The second kappa shape index (κ2) is 33.0. The number of carbonyl (C=O) groups is 5. The third-order valence-corrected chi connectivity index (χ3v) is 18.0. The number of amides is 3. The molecule has 0 aliphatic carbocycles. The topological polar surface area (TPSA) is 200 Å². The van der Waals surface area contributed by atoms with E-state index in [4.69, 9.17) is 48.4 Å². The van der Waals surface area contributed by atoms with Gasteiger partial charge in [0.2, 0.25) is 0 Å². The number of hydrogen-bond donors (Lipinski definition) is 5. The summed E-state index contributed by atoms with van der Waals surface area (Å²) in [7, 11) is 0.500. The second-order valence-corrected chi connectivity index (χ2v) is 25.1. The molecule has 25 heteroatoms. The van der Waals surface area contributed by atoms with Crippen LogP contribution in [-0.2, 0) is 24.4 Å². The molecule has 4 fully saturated rings. The maximum absolute atomic E-state index is 13.6. The van der Waals surface area contributed by atoms with Crippen LogP contribution in [0.3, 0.4) is 0 Å². The van der Waals surface area contributed by atoms with E-state index in [1.54, 1.807) is 64.5 Å². The average molecular weight is 1570 g/mol. The predicted molar refractivity (Wildman–Crippen MR) is 363 cm³/mol. The third-order valence-electron chi connectivity index (χ3n) is 17.1. The van der Waals surface area contributed by atoms with Crippen LogP contribution in [0.1, 0.15) is 91.7 Å². The predicted octanol–water partition coefficient (Wildman–Crippen LogP) is 10.8. The Kier molecular flexibility index (Phi) is 24.5. The van der Waals surface area contributed by atoms with Gasteiger partial charge in [-0.25, -0.2) is 18.0 Å². The molecule has 13 rings (SSSR count). The zero-order chi connectivity index (χ0) is 68.0. The molecule has 17 nitrogen and oxygen atoms in total. The number of nitrogen functional groups attached to an aromatic ring is 1. The van der Waals surface area contributed by atoms with Crippen LogP contribution in [-0.4, -0.2) is 180 Å². The molecular formula is C69H75BCl3F3N11O6U. The number of halogens is 6. The molecule has 0 unspecified atom stereocenters. The number of rotatable bonds is 11. The first-order chi connectivity index (χ1) is 45.6. The van der Waals surface area contributed by atoms with Crippen molar-refractivity contribution in [1.82, 2.24) is 49.4 Å². The van der Waals surface area contributed by atoms with Crippen molar-refractivity contribution in [3.8, 4) is 0 Å². The van der Waals surface area contributed by atoms with Gasteiger partial charge in [-0.2, -0.15) is 0 Å². The van der Waals surface area contributed by atoms with E-state index in [0.29, 0.717) is 81.7 Å². The number of hydrogen-bond acceptors (Lipinski definition) is 10. The summed E-state index contributed by atoms with van der Waals surface area (Å²) in [5.41, 5.74) is 6.61. The number of aromatic amines is 2. The van der Waals surface area contributed by atoms with Crippen LogP contribution in [0, 0.1) is 48.6 Å². The summed E-state index contributed by atoms with van der Waals surface area (Å²) < 4.78 is 51.8. The number of aromatic nitrogens is 3. The van der Waals surface area contributed by atoms with Gasteiger partial charge in [-0.15, -0.1) is 0 Å². The van der Waals surface area contributed by atoms with Crippen LogP contribution in [0.5, 0.6) is 0 Å². The zero-order valence-corrected chi connectivity index (χ0v) is 58.8. The first-order valence-corrected chi connectivity index (χ1v) is 31.7. The first-order valence-electron chi connectivity index (χ1n) is 31.8. The minimum absolute atomic E-state index is 0. The molecule has 94 heavy (non-hydrogen) atoms. The number of piperazine rings is 3. The molecule has 6 aromatic carbocycles. The van der Waals surface area contributed by atoms with Crippen molar-refractivity contribution >= 4 is 105 Å². The summed E-state index contributed by atoms with van der Waals surface area (Å²) in [4.78, 5) is 81.4. The molecule has 3 atom stereocenters. The summed E-state index contributed by atoms with van der Waals surface area (Å²) in [5, 5.41) is 15.4. The quantitative estimate of drug-likeness (QED) is 0.0357. The number of carbonyl (C=O) groups excluding carboxylic acids is 4. The Morgan fingerprint density at radius 3 is 1.45 bits per heavy atom. The van der Waals surface area contributed by atoms with Gasteiger partial charge in [-0.3, -0.25) is 38.6 Å². The molecule has 4 aliphatic rings. The number of ketones is 1. The molecule has 4 saturated heterocycles. The number of nitrogens with zero attached hydrogens (tertiary/aromatic N) is 7. The van der Waals surface area contributed by atoms with Crippen molar-refractivity contribution in [3.63, 3.8) is 0 Å². The van der Waals surface area contributed by atoms with Crippen LogP contribution < -0.4 is 11.2 Å². The molecule has 0 spiro atoms. The van der Waals surface area contributed by atoms with Crippen LogP contribution in [0.2, 0.25) is 15.1 Å². The van der Waals surface area contributed by atoms with Gasteiger partial charge in [0.15, 0.2) is 0 Å². The van der Waals surface area contributed by atoms with E-state index >= 15 is 0 Å². The number of carboxylic acid groups (broad SMARTS) is 1. The number of fused-ring (bicyclic) bond motifs is 3. The van der Waals surface area contributed by atoms with Crippen molar-refractivity contribution in [2.24, 2.45) is 0 Å². The molecule has 0 bridgehead atoms. The fourth-order valence-electron chi connectivity index (χ4n) is 12.2. The molecule has 3 aromatic heterocycles. The normalized spacial score (nSPS) is 17.8. The fraction of sp³-hybridized carbons (Fsp3) is 0.319. The summed E-state index contributed by atoms with van der Waals surface area (Å²) in [5.74, 6) is 2.95. The van der Waals surface area contributed by atoms with E-state index in [9.17, 15) is 37.1 Å². The van der Waals surface area contributed by atoms with E-state index in [-0.39, 0.29) is 99.2 Å². The molecule has 3 amide bonds. The van der Waals surface area contributed by atoms with Gasteiger partial charge in [-0.05, 0) is 138 Å². The molecule has 0 saturated carbocycles. The van der Waals surface area contributed by atoms with Crippen LogP contribution >= 0.6 is 34.8 Å². The van der Waals surface area contributed by atoms with E-state index in [1.165, 1.54) is 52.8 Å². The number of likely N-dealkylation sites (tertiary alicyclic amines) is 1. The molecule has 9 aromatic rings. The number of H-pyrrole nitrogens is 2. The Morgan fingerprint density at radius 1 is 0.574 bits per heavy atom. The monoisotopic (exact) mass is 1570 g/mol.